The van der Waals surface area contributed by atoms with Gasteiger partial charge in [0.2, 0.25) is 11.8 Å². The predicted molar refractivity (Wildman–Crippen MR) is 118 cm³/mol. The summed E-state index contributed by atoms with van der Waals surface area (Å²) in [7, 11) is -3.69. The molecule has 2 amide bonds. The van der Waals surface area contributed by atoms with Crippen molar-refractivity contribution in [3.05, 3.63) is 47.8 Å². The molecule has 10 nitrogen and oxygen atoms in total. The zero-order valence-electron chi connectivity index (χ0n) is 18.0. The highest BCUT2D eigenvalue weighted by Gasteiger charge is 2.32. The maximum absolute atomic E-state index is 13.1. The summed E-state index contributed by atoms with van der Waals surface area (Å²) in [5.41, 5.74) is 2.87. The van der Waals surface area contributed by atoms with Crippen molar-refractivity contribution in [3.63, 3.8) is 0 Å². The van der Waals surface area contributed by atoms with Crippen LogP contribution in [0, 0.1) is 0 Å². The average molecular weight is 508 g/mol. The van der Waals surface area contributed by atoms with Crippen LogP contribution >= 0.6 is 0 Å². The predicted octanol–water partition coefficient (Wildman–Crippen LogP) is 3.66. The zero-order chi connectivity index (χ0) is 24.8. The Morgan fingerprint density at radius 1 is 1.29 bits per heavy atom. The Balaban J connectivity index is 1.48. The van der Waals surface area contributed by atoms with E-state index >= 15 is 0 Å². The monoisotopic (exact) mass is 508 g/mol. The number of hydrogen-bond acceptors (Lipinski definition) is 6. The number of amides is 2. The van der Waals surface area contributed by atoms with E-state index in [-0.39, 0.29) is 10.8 Å². The quantitative estimate of drug-likeness (QED) is 0.553. The average Bonchev–Trinajstić information content (AvgIpc) is 3.19. The molecular weight excluding hydrogens is 489 g/mol. The number of carbonyl (C=O) groups excluding carboxylic acids is 1. The maximum Gasteiger partial charge on any atom is 0.574 e. The first-order valence-electron chi connectivity index (χ1n) is 10.5. The Bertz CT molecular complexity index is 1450. The van der Waals surface area contributed by atoms with Crippen LogP contribution in [-0.2, 0) is 29.3 Å². The lowest BCUT2D eigenvalue weighted by atomic mass is 9.84. The van der Waals surface area contributed by atoms with Gasteiger partial charge in [-0.1, -0.05) is 12.1 Å². The van der Waals surface area contributed by atoms with E-state index in [1.165, 1.54) is 23.1 Å². The van der Waals surface area contributed by atoms with E-state index < -0.39 is 28.2 Å². The number of ether oxygens (including phenoxy) is 2. The van der Waals surface area contributed by atoms with Crippen LogP contribution in [-0.4, -0.2) is 38.0 Å². The Labute approximate surface area is 197 Å². The minimum Gasteiger partial charge on any atom is -0.477 e. The molecular formula is C21H19F3N6O4S. The molecule has 3 aromatic rings. The summed E-state index contributed by atoms with van der Waals surface area (Å²) in [5, 5.41) is 12.6. The van der Waals surface area contributed by atoms with Gasteiger partial charge in [-0.25, -0.2) is 23.8 Å². The molecule has 0 spiro atoms. The largest absolute Gasteiger partial charge is 0.574 e. The van der Waals surface area contributed by atoms with E-state index in [9.17, 15) is 22.2 Å². The molecule has 0 saturated heterocycles. The first kappa shape index (κ1) is 23.1. The number of hydrogen-bond donors (Lipinski definition) is 2. The highest BCUT2D eigenvalue weighted by molar-refractivity contribution is 7.91. The molecule has 0 radical (unpaired) electrons. The summed E-state index contributed by atoms with van der Waals surface area (Å²) in [4.78, 5) is 16.4. The van der Waals surface area contributed by atoms with Crippen molar-refractivity contribution in [2.45, 2.75) is 37.1 Å². The molecule has 0 fully saturated rings. The van der Waals surface area contributed by atoms with E-state index in [1.807, 2.05) is 6.07 Å². The fourth-order valence-electron chi connectivity index (χ4n) is 3.98. The van der Waals surface area contributed by atoms with Gasteiger partial charge < -0.3 is 14.8 Å². The molecule has 3 N–H and O–H groups in total. The van der Waals surface area contributed by atoms with Crippen molar-refractivity contribution in [3.8, 4) is 22.9 Å². The number of aryl methyl sites for hydroxylation is 2. The molecule has 0 bridgehead atoms. The molecule has 35 heavy (non-hydrogen) atoms. The lowest BCUT2D eigenvalue weighted by Gasteiger charge is -2.25. The summed E-state index contributed by atoms with van der Waals surface area (Å²) in [6, 6.07) is 5.12. The summed E-state index contributed by atoms with van der Waals surface area (Å²) in [6.07, 6.45) is -0.327. The highest BCUT2D eigenvalue weighted by atomic mass is 32.2. The number of nitrogens with two attached hydrogens (primary N) is 1. The molecule has 1 aliphatic carbocycles. The normalized spacial score (nSPS) is 16.1. The Morgan fingerprint density at radius 2 is 2.11 bits per heavy atom. The topological polar surface area (TPSA) is 134 Å². The highest BCUT2D eigenvalue weighted by Crippen LogP contribution is 2.39. The number of benzene rings is 1. The van der Waals surface area contributed by atoms with Crippen molar-refractivity contribution in [2.75, 3.05) is 11.9 Å². The second-order valence-electron chi connectivity index (χ2n) is 7.89. The second-order valence-corrected chi connectivity index (χ2v) is 9.65. The van der Waals surface area contributed by atoms with Gasteiger partial charge >= 0.3 is 12.4 Å². The van der Waals surface area contributed by atoms with E-state index in [0.717, 1.165) is 30.0 Å². The third-order valence-corrected chi connectivity index (χ3v) is 6.95. The van der Waals surface area contributed by atoms with Gasteiger partial charge in [0.15, 0.2) is 9.92 Å². The van der Waals surface area contributed by atoms with E-state index in [2.05, 4.69) is 24.5 Å². The smallest absolute Gasteiger partial charge is 0.477 e. The summed E-state index contributed by atoms with van der Waals surface area (Å²) in [6.45, 7) is 0.953. The molecule has 5 rings (SSSR count). The Morgan fingerprint density at radius 3 is 2.86 bits per heavy atom. The van der Waals surface area contributed by atoms with E-state index in [4.69, 9.17) is 9.88 Å². The fraction of sp³-hybridized carbons (Fsp3) is 0.286. The van der Waals surface area contributed by atoms with Crippen LogP contribution in [0.4, 0.5) is 23.7 Å². The van der Waals surface area contributed by atoms with Crippen LogP contribution in [0.2, 0.25) is 0 Å². The van der Waals surface area contributed by atoms with Gasteiger partial charge in [-0.05, 0) is 35.6 Å². The number of fused-ring (bicyclic) bond motifs is 2. The van der Waals surface area contributed by atoms with Gasteiger partial charge in [0.1, 0.15) is 4.90 Å². The van der Waals surface area contributed by atoms with Crippen LogP contribution < -0.4 is 19.9 Å². The zero-order valence-corrected chi connectivity index (χ0v) is 18.9. The second kappa shape index (κ2) is 8.53. The fourth-order valence-corrected chi connectivity index (χ4v) is 4.98. The minimum atomic E-state index is -4.90. The molecule has 3 heterocycles. The van der Waals surface area contributed by atoms with Gasteiger partial charge in [0.05, 0.1) is 18.5 Å². The number of pyridine rings is 1. The van der Waals surface area contributed by atoms with Crippen molar-refractivity contribution in [1.82, 2.24) is 14.8 Å². The van der Waals surface area contributed by atoms with Crippen molar-refractivity contribution in [2.24, 2.45) is 9.50 Å². The van der Waals surface area contributed by atoms with Gasteiger partial charge in [0, 0.05) is 30.8 Å². The van der Waals surface area contributed by atoms with Crippen molar-refractivity contribution in [1.29, 1.82) is 0 Å². The number of carbonyl (C=O) groups is 1. The third-order valence-electron chi connectivity index (χ3n) is 5.60. The van der Waals surface area contributed by atoms with E-state index in [1.54, 1.807) is 6.07 Å². The van der Waals surface area contributed by atoms with Gasteiger partial charge in [-0.15, -0.1) is 17.5 Å². The SMILES string of the molecule is N[S@@](=O)(=NC(=O)Nc1c(-c2ccnc(OC(F)(F)F)c2)ccc2c1CC2)c1cnn2c1OCCC2. The molecule has 1 atom stereocenters. The van der Waals surface area contributed by atoms with Gasteiger partial charge in [-0.2, -0.15) is 5.10 Å². The Hall–Kier alpha value is -3.65. The minimum absolute atomic E-state index is 0.0108. The number of rotatable bonds is 4. The summed E-state index contributed by atoms with van der Waals surface area (Å²) >= 11 is 0. The molecule has 2 aromatic heterocycles. The van der Waals surface area contributed by atoms with E-state index in [0.29, 0.717) is 36.4 Å². The van der Waals surface area contributed by atoms with Gasteiger partial charge in [-0.3, -0.25) is 0 Å². The lowest BCUT2D eigenvalue weighted by molar-refractivity contribution is -0.276. The molecule has 1 aliphatic heterocycles. The molecule has 0 unspecified atom stereocenters. The number of anilines is 1. The molecule has 14 heteroatoms. The molecule has 2 aliphatic rings. The lowest BCUT2D eigenvalue weighted by Crippen LogP contribution is -2.22. The summed E-state index contributed by atoms with van der Waals surface area (Å²) < 4.78 is 65.6. The number of nitrogens with zero attached hydrogens (tertiary/aromatic N) is 4. The maximum atomic E-state index is 13.1. The van der Waals surface area contributed by atoms with Crippen LogP contribution in [0.5, 0.6) is 11.8 Å². The van der Waals surface area contributed by atoms with Crippen LogP contribution in [0.3, 0.4) is 0 Å². The van der Waals surface area contributed by atoms with Crippen LogP contribution in [0.15, 0.2) is 45.9 Å². The standard InChI is InChI=1S/C21H19F3N6O4S/c22-21(23,24)34-17-10-13(6-7-26-17)15-5-3-12-2-4-14(12)18(15)28-20(31)29-35(25,32)16-11-27-30-8-1-9-33-19(16)30/h3,5-7,10-11H,1-2,4,8-9H2,(H3,25,28,29,31,32)/t35-/m1/s1. The number of aromatic nitrogens is 3. The van der Waals surface area contributed by atoms with Crippen molar-refractivity contribution >= 4 is 21.6 Å². The first-order valence-corrected chi connectivity index (χ1v) is 12.1. The molecule has 1 aromatic carbocycles. The van der Waals surface area contributed by atoms with Crippen LogP contribution in [0.25, 0.3) is 11.1 Å². The third kappa shape index (κ3) is 4.66. The number of urea groups is 1. The first-order chi connectivity index (χ1) is 16.6. The Kier molecular flexibility index (Phi) is 5.63. The number of alkyl halides is 3. The number of halogens is 3. The number of nitrogens with one attached hydrogen (secondary N) is 1. The molecule has 0 saturated carbocycles. The molecule has 184 valence electrons. The van der Waals surface area contributed by atoms with Gasteiger partial charge in [0.25, 0.3) is 0 Å². The summed E-state index contributed by atoms with van der Waals surface area (Å²) in [5.74, 6) is -0.436. The van der Waals surface area contributed by atoms with Crippen LogP contribution in [0.1, 0.15) is 17.5 Å². The van der Waals surface area contributed by atoms with Crippen molar-refractivity contribution < 1.29 is 31.6 Å².